The number of fused-ring (bicyclic) bond motifs is 1. The van der Waals surface area contributed by atoms with Crippen molar-refractivity contribution in [3.63, 3.8) is 0 Å². The predicted molar refractivity (Wildman–Crippen MR) is 80.0 cm³/mol. The van der Waals surface area contributed by atoms with E-state index in [1.54, 1.807) is 0 Å². The van der Waals surface area contributed by atoms with E-state index >= 15 is 0 Å². The summed E-state index contributed by atoms with van der Waals surface area (Å²) in [6.45, 7) is 4.14. The summed E-state index contributed by atoms with van der Waals surface area (Å²) < 4.78 is 2.03. The molecule has 5 heteroatoms. The molecule has 0 aliphatic carbocycles. The van der Waals surface area contributed by atoms with Crippen LogP contribution in [0.3, 0.4) is 0 Å². The third kappa shape index (κ3) is 2.11. The molecule has 3 rings (SSSR count). The van der Waals surface area contributed by atoms with Gasteiger partial charge in [-0.25, -0.2) is 15.0 Å². The Morgan fingerprint density at radius 3 is 2.40 bits per heavy atom. The first-order chi connectivity index (χ1) is 9.54. The van der Waals surface area contributed by atoms with Crippen molar-refractivity contribution in [3.8, 4) is 11.5 Å². The number of hydrogen-bond donors (Lipinski definition) is 0. The van der Waals surface area contributed by atoms with Crippen LogP contribution in [0.2, 0.25) is 0 Å². The fourth-order valence-electron chi connectivity index (χ4n) is 2.24. The van der Waals surface area contributed by atoms with Gasteiger partial charge in [-0.3, -0.25) is 0 Å². The fourth-order valence-corrected chi connectivity index (χ4v) is 2.24. The lowest BCUT2D eigenvalue weighted by atomic mass is 10.2. The average Bonchev–Trinajstić information content (AvgIpc) is 2.83. The minimum absolute atomic E-state index is 0.649. The molecule has 3 heterocycles. The Labute approximate surface area is 117 Å². The number of hydrogen-bond acceptors (Lipinski definition) is 4. The van der Waals surface area contributed by atoms with E-state index in [0.29, 0.717) is 5.82 Å². The van der Waals surface area contributed by atoms with Gasteiger partial charge in [0.1, 0.15) is 11.3 Å². The number of anilines is 1. The van der Waals surface area contributed by atoms with Crippen molar-refractivity contribution in [2.24, 2.45) is 0 Å². The highest BCUT2D eigenvalue weighted by Crippen LogP contribution is 2.19. The van der Waals surface area contributed by atoms with Crippen LogP contribution in [0.25, 0.3) is 17.2 Å². The van der Waals surface area contributed by atoms with Gasteiger partial charge in [-0.05, 0) is 25.0 Å². The first kappa shape index (κ1) is 12.6. The maximum Gasteiger partial charge on any atom is 0.179 e. The molecule has 0 spiro atoms. The molecule has 0 fully saturated rings. The maximum absolute atomic E-state index is 4.62. The second-order valence-electron chi connectivity index (χ2n) is 5.22. The third-order valence-electron chi connectivity index (χ3n) is 3.26. The highest BCUT2D eigenvalue weighted by molar-refractivity contribution is 5.59. The minimum atomic E-state index is 0.649. The quantitative estimate of drug-likeness (QED) is 0.715. The van der Waals surface area contributed by atoms with E-state index in [9.17, 15) is 0 Å². The minimum Gasteiger partial charge on any atom is -0.375 e. The molecule has 0 aliphatic rings. The summed E-state index contributed by atoms with van der Waals surface area (Å²) in [5.74, 6) is 0.649. The van der Waals surface area contributed by atoms with Crippen LogP contribution in [0.1, 0.15) is 11.1 Å². The van der Waals surface area contributed by atoms with Gasteiger partial charge in [-0.2, -0.15) is 0 Å². The van der Waals surface area contributed by atoms with E-state index in [-0.39, 0.29) is 0 Å². The zero-order valence-corrected chi connectivity index (χ0v) is 12.1. The van der Waals surface area contributed by atoms with Crippen molar-refractivity contribution in [1.82, 2.24) is 19.4 Å². The molecule has 102 valence electrons. The number of pyridine rings is 1. The van der Waals surface area contributed by atoms with Crippen LogP contribution < -0.4 is 4.90 Å². The van der Waals surface area contributed by atoms with Crippen molar-refractivity contribution < 1.29 is 0 Å². The summed E-state index contributed by atoms with van der Waals surface area (Å²) in [7, 11) is 3.94. The van der Waals surface area contributed by atoms with Gasteiger partial charge in [0, 0.05) is 26.5 Å². The summed E-state index contributed by atoms with van der Waals surface area (Å²) >= 11 is 0. The van der Waals surface area contributed by atoms with Gasteiger partial charge in [0.05, 0.1) is 18.1 Å². The number of aryl methyl sites for hydroxylation is 2. The second kappa shape index (κ2) is 4.59. The maximum atomic E-state index is 4.62. The van der Waals surface area contributed by atoms with E-state index < -0.39 is 0 Å². The number of rotatable bonds is 2. The highest BCUT2D eigenvalue weighted by Gasteiger charge is 2.09. The van der Waals surface area contributed by atoms with Gasteiger partial charge in [0.15, 0.2) is 5.82 Å². The van der Waals surface area contributed by atoms with Crippen LogP contribution in [-0.2, 0) is 0 Å². The second-order valence-corrected chi connectivity index (χ2v) is 5.22. The van der Waals surface area contributed by atoms with Gasteiger partial charge in [-0.1, -0.05) is 6.07 Å². The van der Waals surface area contributed by atoms with E-state index in [1.807, 2.05) is 42.0 Å². The van der Waals surface area contributed by atoms with Crippen molar-refractivity contribution in [1.29, 1.82) is 0 Å². The van der Waals surface area contributed by atoms with Crippen LogP contribution in [0.5, 0.6) is 0 Å². The molecule has 0 amide bonds. The normalized spacial score (nSPS) is 11.0. The molecular weight excluding hydrogens is 250 g/mol. The summed E-state index contributed by atoms with van der Waals surface area (Å²) in [6, 6.07) is 2.13. The summed E-state index contributed by atoms with van der Waals surface area (Å²) in [4.78, 5) is 15.4. The van der Waals surface area contributed by atoms with Gasteiger partial charge < -0.3 is 9.30 Å². The van der Waals surface area contributed by atoms with Crippen LogP contribution >= 0.6 is 0 Å². The molecule has 0 saturated heterocycles. The average molecular weight is 267 g/mol. The summed E-state index contributed by atoms with van der Waals surface area (Å²) in [5, 5.41) is 0. The Balaban J connectivity index is 2.08. The Morgan fingerprint density at radius 1 is 1.05 bits per heavy atom. The molecule has 3 aromatic heterocycles. The van der Waals surface area contributed by atoms with Gasteiger partial charge in [-0.15, -0.1) is 0 Å². The van der Waals surface area contributed by atoms with Gasteiger partial charge >= 0.3 is 0 Å². The Kier molecular flexibility index (Phi) is 2.89. The summed E-state index contributed by atoms with van der Waals surface area (Å²) in [5.41, 5.74) is 5.09. The van der Waals surface area contributed by atoms with Crippen molar-refractivity contribution >= 4 is 11.3 Å². The van der Waals surface area contributed by atoms with Crippen molar-refractivity contribution in [3.05, 3.63) is 42.0 Å². The molecule has 0 radical (unpaired) electrons. The fraction of sp³-hybridized carbons (Fsp3) is 0.267. The molecule has 0 N–H and O–H groups in total. The first-order valence-electron chi connectivity index (χ1n) is 6.50. The largest absolute Gasteiger partial charge is 0.375 e. The topological polar surface area (TPSA) is 46.3 Å². The van der Waals surface area contributed by atoms with Gasteiger partial charge in [0.2, 0.25) is 0 Å². The molecule has 0 aliphatic heterocycles. The zero-order chi connectivity index (χ0) is 14.3. The lowest BCUT2D eigenvalue weighted by molar-refractivity contribution is 1.07. The smallest absolute Gasteiger partial charge is 0.179 e. The standard InChI is InChI=1S/C15H17N5/c1-10-5-11(2)15-18-13(9-20(15)8-10)14-16-6-12(7-17-14)19(3)4/h5-9H,1-4H3. The molecule has 5 nitrogen and oxygen atoms in total. The van der Waals surface area contributed by atoms with E-state index in [0.717, 1.165) is 22.6 Å². The van der Waals surface area contributed by atoms with Crippen molar-refractivity contribution in [2.45, 2.75) is 13.8 Å². The van der Waals surface area contributed by atoms with Crippen LogP contribution in [0.4, 0.5) is 5.69 Å². The molecule has 0 atom stereocenters. The Morgan fingerprint density at radius 2 is 1.75 bits per heavy atom. The monoisotopic (exact) mass is 267 g/mol. The van der Waals surface area contributed by atoms with E-state index in [2.05, 4.69) is 41.1 Å². The SMILES string of the molecule is Cc1cc(C)c2nc(-c3ncc(N(C)C)cn3)cn2c1. The van der Waals surface area contributed by atoms with E-state index in [4.69, 9.17) is 0 Å². The Hall–Kier alpha value is -2.43. The first-order valence-corrected chi connectivity index (χ1v) is 6.50. The zero-order valence-electron chi connectivity index (χ0n) is 12.1. The molecule has 20 heavy (non-hydrogen) atoms. The van der Waals surface area contributed by atoms with Crippen LogP contribution in [0.15, 0.2) is 30.9 Å². The molecule has 0 bridgehead atoms. The van der Waals surface area contributed by atoms with Crippen molar-refractivity contribution in [2.75, 3.05) is 19.0 Å². The van der Waals surface area contributed by atoms with Crippen LogP contribution in [-0.4, -0.2) is 33.4 Å². The number of aromatic nitrogens is 4. The molecule has 3 aromatic rings. The Bertz CT molecular complexity index is 756. The molecule has 0 saturated carbocycles. The van der Waals surface area contributed by atoms with Gasteiger partial charge in [0.25, 0.3) is 0 Å². The van der Waals surface area contributed by atoms with Crippen LogP contribution in [0, 0.1) is 13.8 Å². The van der Waals surface area contributed by atoms with E-state index in [1.165, 1.54) is 5.56 Å². The number of imidazole rings is 1. The molecular formula is C15H17N5. The predicted octanol–water partition coefficient (Wildman–Crippen LogP) is 2.47. The molecule has 0 aromatic carbocycles. The number of nitrogens with zero attached hydrogens (tertiary/aromatic N) is 5. The molecule has 0 unspecified atom stereocenters. The highest BCUT2D eigenvalue weighted by atomic mass is 15.1. The lowest BCUT2D eigenvalue weighted by Crippen LogP contribution is -2.09. The summed E-state index contributed by atoms with van der Waals surface area (Å²) in [6.07, 6.45) is 7.65. The third-order valence-corrected chi connectivity index (χ3v) is 3.26. The lowest BCUT2D eigenvalue weighted by Gasteiger charge is -2.10.